The molecule has 0 N–H and O–H groups in total. The number of hydrogen-bond donors (Lipinski definition) is 0. The highest BCUT2D eigenvalue weighted by Gasteiger charge is 2.38. The van der Waals surface area contributed by atoms with Crippen LogP contribution in [0, 0.1) is 0 Å². The second-order valence-corrected chi connectivity index (χ2v) is 14.1. The minimum atomic E-state index is -0.162. The van der Waals surface area contributed by atoms with E-state index in [1.807, 2.05) is 6.07 Å². The number of furan rings is 1. The molecule has 48 heavy (non-hydrogen) atoms. The van der Waals surface area contributed by atoms with E-state index in [0.29, 0.717) is 0 Å². The standard InChI is InChI=1S/C47H30O/c1-47(2)40-12-5-3-11-37(40)45-38(32-20-22-35-34-10-4-6-13-41(34)48-42(35)26-32)24-31-17-16-30(25-39(31)46(45)47)33-21-18-29-15-14-27-8-7-9-28-19-23-36(33)44(29)43(27)28/h3-26H,1-2H3. The van der Waals surface area contributed by atoms with Crippen LogP contribution in [0.4, 0.5) is 0 Å². The number of hydrogen-bond acceptors (Lipinski definition) is 1. The summed E-state index contributed by atoms with van der Waals surface area (Å²) >= 11 is 0. The van der Waals surface area contributed by atoms with Gasteiger partial charge in [-0.25, -0.2) is 0 Å². The monoisotopic (exact) mass is 610 g/mol. The molecule has 0 unspecified atom stereocenters. The van der Waals surface area contributed by atoms with E-state index in [1.165, 1.54) is 87.6 Å². The molecule has 1 heteroatoms. The molecule has 1 aromatic heterocycles. The Hall–Kier alpha value is -5.92. The first-order valence-electron chi connectivity index (χ1n) is 16.8. The van der Waals surface area contributed by atoms with Crippen molar-refractivity contribution in [1.29, 1.82) is 0 Å². The number of para-hydroxylation sites is 1. The third-order valence-corrected chi connectivity index (χ3v) is 11.2. The average Bonchev–Trinajstić information content (AvgIpc) is 3.62. The lowest BCUT2D eigenvalue weighted by atomic mass is 9.78. The van der Waals surface area contributed by atoms with Crippen LogP contribution in [0.25, 0.3) is 98.4 Å². The SMILES string of the molecule is CC1(C)c2ccccc2-c2c(-c3ccc4c(c3)oc3ccccc34)cc3ccc(-c4ccc5ccc6cccc7ccc4c5c67)cc3c21. The van der Waals surface area contributed by atoms with Crippen LogP contribution >= 0.6 is 0 Å². The molecule has 11 rings (SSSR count). The Kier molecular flexibility index (Phi) is 4.97. The molecule has 0 atom stereocenters. The van der Waals surface area contributed by atoms with Gasteiger partial charge in [0.05, 0.1) is 0 Å². The fraction of sp³-hybridized carbons (Fsp3) is 0.0638. The van der Waals surface area contributed by atoms with Gasteiger partial charge in [-0.1, -0.05) is 129 Å². The molecule has 0 aliphatic heterocycles. The summed E-state index contributed by atoms with van der Waals surface area (Å²) in [5, 5.41) is 12.8. The van der Waals surface area contributed by atoms with E-state index < -0.39 is 0 Å². The van der Waals surface area contributed by atoms with Crippen molar-refractivity contribution in [2.45, 2.75) is 19.3 Å². The largest absolute Gasteiger partial charge is 0.456 e. The van der Waals surface area contributed by atoms with Crippen LogP contribution < -0.4 is 0 Å². The second-order valence-electron chi connectivity index (χ2n) is 14.1. The molecule has 1 nitrogen and oxygen atoms in total. The lowest BCUT2D eigenvalue weighted by Gasteiger charge is -2.24. The lowest BCUT2D eigenvalue weighted by molar-refractivity contribution is 0.666. The maximum absolute atomic E-state index is 6.37. The predicted octanol–water partition coefficient (Wildman–Crippen LogP) is 13.3. The van der Waals surface area contributed by atoms with Crippen LogP contribution in [0.1, 0.15) is 25.0 Å². The topological polar surface area (TPSA) is 13.1 Å². The van der Waals surface area contributed by atoms with Crippen molar-refractivity contribution in [3.05, 3.63) is 157 Å². The molecule has 10 aromatic rings. The highest BCUT2D eigenvalue weighted by atomic mass is 16.3. The molecule has 1 heterocycles. The Labute approximate surface area is 278 Å². The van der Waals surface area contributed by atoms with E-state index in [9.17, 15) is 0 Å². The second kappa shape index (κ2) is 9.12. The van der Waals surface area contributed by atoms with Crippen LogP contribution in [-0.2, 0) is 5.41 Å². The first-order chi connectivity index (χ1) is 23.5. The van der Waals surface area contributed by atoms with E-state index in [2.05, 4.69) is 153 Å². The summed E-state index contributed by atoms with van der Waals surface area (Å²) in [6.45, 7) is 4.79. The van der Waals surface area contributed by atoms with Crippen molar-refractivity contribution in [2.24, 2.45) is 0 Å². The normalized spacial score (nSPS) is 13.8. The molecule has 0 radical (unpaired) electrons. The van der Waals surface area contributed by atoms with Gasteiger partial charge in [-0.2, -0.15) is 0 Å². The van der Waals surface area contributed by atoms with Gasteiger partial charge in [0.15, 0.2) is 0 Å². The van der Waals surface area contributed by atoms with Crippen molar-refractivity contribution in [1.82, 2.24) is 0 Å². The fourth-order valence-electron chi connectivity index (χ4n) is 8.98. The summed E-state index contributed by atoms with van der Waals surface area (Å²) < 4.78 is 6.37. The quantitative estimate of drug-likeness (QED) is 0.178. The van der Waals surface area contributed by atoms with Gasteiger partial charge in [0.1, 0.15) is 11.2 Å². The highest BCUT2D eigenvalue weighted by molar-refractivity contribution is 6.25. The van der Waals surface area contributed by atoms with E-state index in [1.54, 1.807) is 0 Å². The van der Waals surface area contributed by atoms with Crippen molar-refractivity contribution in [3.63, 3.8) is 0 Å². The Morgan fingerprint density at radius 1 is 0.417 bits per heavy atom. The summed E-state index contributed by atoms with van der Waals surface area (Å²) in [5.41, 5.74) is 12.1. The van der Waals surface area contributed by atoms with Gasteiger partial charge in [0.25, 0.3) is 0 Å². The van der Waals surface area contributed by atoms with Crippen LogP contribution in [0.2, 0.25) is 0 Å². The molecule has 1 aliphatic carbocycles. The van der Waals surface area contributed by atoms with Crippen LogP contribution in [0.5, 0.6) is 0 Å². The maximum Gasteiger partial charge on any atom is 0.136 e. The molecule has 0 saturated carbocycles. The van der Waals surface area contributed by atoms with Crippen LogP contribution in [0.15, 0.2) is 150 Å². The zero-order valence-electron chi connectivity index (χ0n) is 26.8. The van der Waals surface area contributed by atoms with Crippen LogP contribution in [-0.4, -0.2) is 0 Å². The molecule has 0 spiro atoms. The number of fused-ring (bicyclic) bond motifs is 8. The first kappa shape index (κ1) is 26.2. The Morgan fingerprint density at radius 3 is 1.98 bits per heavy atom. The van der Waals surface area contributed by atoms with Gasteiger partial charge in [0, 0.05) is 16.2 Å². The van der Waals surface area contributed by atoms with Gasteiger partial charge in [-0.15, -0.1) is 0 Å². The Morgan fingerprint density at radius 2 is 1.08 bits per heavy atom. The van der Waals surface area contributed by atoms with Crippen molar-refractivity contribution < 1.29 is 4.42 Å². The first-order valence-corrected chi connectivity index (χ1v) is 16.8. The van der Waals surface area contributed by atoms with Crippen molar-refractivity contribution in [2.75, 3.05) is 0 Å². The molecule has 0 amide bonds. The third-order valence-electron chi connectivity index (χ3n) is 11.2. The molecule has 1 aliphatic rings. The molecular weight excluding hydrogens is 581 g/mol. The Balaban J connectivity index is 1.19. The van der Waals surface area contributed by atoms with Crippen molar-refractivity contribution in [3.8, 4) is 33.4 Å². The zero-order valence-corrected chi connectivity index (χ0v) is 26.8. The van der Waals surface area contributed by atoms with E-state index in [-0.39, 0.29) is 5.41 Å². The molecule has 224 valence electrons. The molecule has 0 fully saturated rings. The van der Waals surface area contributed by atoms with Gasteiger partial charge in [-0.3, -0.25) is 0 Å². The van der Waals surface area contributed by atoms with E-state index >= 15 is 0 Å². The number of rotatable bonds is 2. The minimum Gasteiger partial charge on any atom is -0.456 e. The molecule has 0 bridgehead atoms. The number of benzene rings is 9. The lowest BCUT2D eigenvalue weighted by Crippen LogP contribution is -2.15. The van der Waals surface area contributed by atoms with Crippen LogP contribution in [0.3, 0.4) is 0 Å². The fourth-order valence-corrected chi connectivity index (χ4v) is 8.98. The molecular formula is C47H30O. The predicted molar refractivity (Wildman–Crippen MR) is 203 cm³/mol. The molecule has 0 saturated heterocycles. The van der Waals surface area contributed by atoms with Crippen molar-refractivity contribution >= 4 is 65.0 Å². The third kappa shape index (κ3) is 3.35. The van der Waals surface area contributed by atoms with E-state index in [0.717, 1.165) is 21.9 Å². The summed E-state index contributed by atoms with van der Waals surface area (Å²) in [7, 11) is 0. The zero-order chi connectivity index (χ0) is 31.7. The minimum absolute atomic E-state index is 0.162. The molecule has 9 aromatic carbocycles. The van der Waals surface area contributed by atoms with E-state index in [4.69, 9.17) is 4.42 Å². The summed E-state index contributed by atoms with van der Waals surface area (Å²) in [4.78, 5) is 0. The Bertz CT molecular complexity index is 2960. The summed E-state index contributed by atoms with van der Waals surface area (Å²) in [6.07, 6.45) is 0. The highest BCUT2D eigenvalue weighted by Crippen LogP contribution is 2.55. The van der Waals surface area contributed by atoms with Gasteiger partial charge >= 0.3 is 0 Å². The van der Waals surface area contributed by atoms with Gasteiger partial charge in [-0.05, 0) is 118 Å². The average molecular weight is 611 g/mol. The smallest absolute Gasteiger partial charge is 0.136 e. The van der Waals surface area contributed by atoms with Gasteiger partial charge in [0.2, 0.25) is 0 Å². The van der Waals surface area contributed by atoms with Gasteiger partial charge < -0.3 is 4.42 Å². The summed E-state index contributed by atoms with van der Waals surface area (Å²) in [6, 6.07) is 54.0. The maximum atomic E-state index is 6.37. The summed E-state index contributed by atoms with van der Waals surface area (Å²) in [5.74, 6) is 0.